The van der Waals surface area contributed by atoms with Crippen LogP contribution in [0.3, 0.4) is 0 Å². The predicted molar refractivity (Wildman–Crippen MR) is 62.5 cm³/mol. The van der Waals surface area contributed by atoms with Gasteiger partial charge in [-0.2, -0.15) is 0 Å². The number of carboxylic acids is 1. The van der Waals surface area contributed by atoms with Crippen molar-refractivity contribution in [2.24, 2.45) is 5.41 Å². The van der Waals surface area contributed by atoms with E-state index in [4.69, 9.17) is 5.11 Å². The zero-order valence-corrected chi connectivity index (χ0v) is 10.3. The molecule has 0 bridgehead atoms. The van der Waals surface area contributed by atoms with Gasteiger partial charge in [0.2, 0.25) is 0 Å². The Kier molecular flexibility index (Phi) is 2.99. The predicted octanol–water partition coefficient (Wildman–Crippen LogP) is 2.00. The van der Waals surface area contributed by atoms with Gasteiger partial charge in [-0.05, 0) is 26.8 Å². The minimum absolute atomic E-state index is 0.215. The van der Waals surface area contributed by atoms with Crippen LogP contribution in [0.15, 0.2) is 10.9 Å². The third-order valence-electron chi connectivity index (χ3n) is 3.45. The average Bonchev–Trinajstić information content (AvgIpc) is 2.85. The van der Waals surface area contributed by atoms with Crippen LogP contribution < -0.4 is 0 Å². The summed E-state index contributed by atoms with van der Waals surface area (Å²) in [5, 5.41) is 11.2. The fraction of sp³-hybridized carbons (Fsp3) is 0.636. The van der Waals surface area contributed by atoms with Crippen LogP contribution in [0.2, 0.25) is 0 Å². The Balaban J connectivity index is 2.07. The lowest BCUT2D eigenvalue weighted by Gasteiger charge is -2.24. The molecule has 2 rings (SSSR count). The van der Waals surface area contributed by atoms with Gasteiger partial charge >= 0.3 is 5.97 Å². The van der Waals surface area contributed by atoms with Crippen molar-refractivity contribution in [1.82, 2.24) is 9.88 Å². The highest BCUT2D eigenvalue weighted by atomic mass is 32.1. The van der Waals surface area contributed by atoms with Crippen molar-refractivity contribution in [3.8, 4) is 0 Å². The molecule has 2 atom stereocenters. The smallest absolute Gasteiger partial charge is 0.310 e. The molecule has 1 aliphatic rings. The van der Waals surface area contributed by atoms with Crippen molar-refractivity contribution in [1.29, 1.82) is 0 Å². The average molecular weight is 240 g/mol. The first-order chi connectivity index (χ1) is 7.53. The SMILES string of the molecule is CC(c1cscn1)N1CCC(C)(C(=O)O)C1. The Morgan fingerprint density at radius 2 is 2.50 bits per heavy atom. The molecule has 0 spiro atoms. The van der Waals surface area contributed by atoms with E-state index in [0.29, 0.717) is 6.54 Å². The fourth-order valence-corrected chi connectivity index (χ4v) is 2.76. The molecule has 1 aromatic rings. The van der Waals surface area contributed by atoms with Crippen LogP contribution in [-0.2, 0) is 4.79 Å². The zero-order chi connectivity index (χ0) is 11.8. The van der Waals surface area contributed by atoms with Crippen molar-refractivity contribution in [3.05, 3.63) is 16.6 Å². The van der Waals surface area contributed by atoms with Crippen molar-refractivity contribution in [2.75, 3.05) is 13.1 Å². The summed E-state index contributed by atoms with van der Waals surface area (Å²) in [6.45, 7) is 5.36. The second-order valence-electron chi connectivity index (χ2n) is 4.68. The molecule has 16 heavy (non-hydrogen) atoms. The molecule has 2 heterocycles. The number of carboxylic acid groups (broad SMARTS) is 1. The number of likely N-dealkylation sites (tertiary alicyclic amines) is 1. The molecule has 0 aromatic carbocycles. The standard InChI is InChI=1S/C11H16N2O2S/c1-8(9-5-16-7-12-9)13-4-3-11(2,6-13)10(14)15/h5,7-8H,3-4,6H2,1-2H3,(H,14,15). The number of hydrogen-bond donors (Lipinski definition) is 1. The van der Waals surface area contributed by atoms with E-state index in [9.17, 15) is 4.79 Å². The van der Waals surface area contributed by atoms with E-state index in [1.165, 1.54) is 0 Å². The van der Waals surface area contributed by atoms with Crippen LogP contribution in [0.1, 0.15) is 32.0 Å². The van der Waals surface area contributed by atoms with E-state index in [-0.39, 0.29) is 6.04 Å². The molecular formula is C11H16N2O2S. The van der Waals surface area contributed by atoms with Gasteiger partial charge < -0.3 is 5.11 Å². The molecule has 4 nitrogen and oxygen atoms in total. The number of carbonyl (C=O) groups is 1. The highest BCUT2D eigenvalue weighted by Gasteiger charge is 2.42. The van der Waals surface area contributed by atoms with Gasteiger partial charge in [-0.15, -0.1) is 11.3 Å². The van der Waals surface area contributed by atoms with Crippen molar-refractivity contribution < 1.29 is 9.90 Å². The molecule has 1 aromatic heterocycles. The van der Waals surface area contributed by atoms with E-state index in [2.05, 4.69) is 16.8 Å². The maximum Gasteiger partial charge on any atom is 0.310 e. The van der Waals surface area contributed by atoms with Gasteiger partial charge in [0.25, 0.3) is 0 Å². The summed E-state index contributed by atoms with van der Waals surface area (Å²) in [6, 6.07) is 0.215. The molecule has 0 saturated carbocycles. The van der Waals surface area contributed by atoms with Gasteiger partial charge in [0.15, 0.2) is 0 Å². The first-order valence-electron chi connectivity index (χ1n) is 5.38. The first kappa shape index (κ1) is 11.5. The molecule has 2 unspecified atom stereocenters. The molecule has 88 valence electrons. The van der Waals surface area contributed by atoms with Gasteiger partial charge in [0.05, 0.1) is 22.7 Å². The Hall–Kier alpha value is -0.940. The molecule has 0 amide bonds. The van der Waals surface area contributed by atoms with E-state index < -0.39 is 11.4 Å². The van der Waals surface area contributed by atoms with E-state index in [1.54, 1.807) is 11.3 Å². The third-order valence-corrected chi connectivity index (χ3v) is 4.05. The van der Waals surface area contributed by atoms with Crippen LogP contribution in [0.25, 0.3) is 0 Å². The summed E-state index contributed by atoms with van der Waals surface area (Å²) in [5.74, 6) is -0.694. The maximum absolute atomic E-state index is 11.1. The van der Waals surface area contributed by atoms with Crippen LogP contribution >= 0.6 is 11.3 Å². The molecule has 1 aliphatic heterocycles. The molecule has 1 N–H and O–H groups in total. The summed E-state index contributed by atoms with van der Waals surface area (Å²) >= 11 is 1.58. The number of rotatable bonds is 3. The molecular weight excluding hydrogens is 224 g/mol. The Morgan fingerprint density at radius 1 is 1.75 bits per heavy atom. The molecule has 0 radical (unpaired) electrons. The Labute approximate surface area is 98.9 Å². The Bertz CT molecular complexity index is 379. The molecule has 1 saturated heterocycles. The molecule has 1 fully saturated rings. The van der Waals surface area contributed by atoms with Crippen LogP contribution in [0, 0.1) is 5.41 Å². The summed E-state index contributed by atoms with van der Waals surface area (Å²) in [4.78, 5) is 17.6. The topological polar surface area (TPSA) is 53.4 Å². The lowest BCUT2D eigenvalue weighted by atomic mass is 9.90. The van der Waals surface area contributed by atoms with Crippen LogP contribution in [0.4, 0.5) is 0 Å². The zero-order valence-electron chi connectivity index (χ0n) is 9.51. The van der Waals surface area contributed by atoms with Crippen molar-refractivity contribution >= 4 is 17.3 Å². The van der Waals surface area contributed by atoms with E-state index >= 15 is 0 Å². The largest absolute Gasteiger partial charge is 0.481 e. The summed E-state index contributed by atoms with van der Waals surface area (Å²) in [5.41, 5.74) is 2.27. The number of aliphatic carboxylic acids is 1. The van der Waals surface area contributed by atoms with Crippen LogP contribution in [-0.4, -0.2) is 34.0 Å². The van der Waals surface area contributed by atoms with Gasteiger partial charge in [-0.1, -0.05) is 0 Å². The third kappa shape index (κ3) is 1.97. The molecule has 5 heteroatoms. The lowest BCUT2D eigenvalue weighted by Crippen LogP contribution is -2.33. The van der Waals surface area contributed by atoms with E-state index in [1.807, 2.05) is 17.8 Å². The normalized spacial score (nSPS) is 28.1. The quantitative estimate of drug-likeness (QED) is 0.878. The number of nitrogens with zero attached hydrogens (tertiary/aromatic N) is 2. The summed E-state index contributed by atoms with van der Waals surface area (Å²) in [6.07, 6.45) is 0.719. The van der Waals surface area contributed by atoms with E-state index in [0.717, 1.165) is 18.7 Å². The minimum Gasteiger partial charge on any atom is -0.481 e. The minimum atomic E-state index is -0.694. The molecule has 0 aliphatic carbocycles. The summed E-state index contributed by atoms with van der Waals surface area (Å²) in [7, 11) is 0. The van der Waals surface area contributed by atoms with Crippen molar-refractivity contribution in [3.63, 3.8) is 0 Å². The summed E-state index contributed by atoms with van der Waals surface area (Å²) < 4.78 is 0. The van der Waals surface area contributed by atoms with Gasteiger partial charge in [0, 0.05) is 11.9 Å². The second kappa shape index (κ2) is 4.14. The first-order valence-corrected chi connectivity index (χ1v) is 6.33. The second-order valence-corrected chi connectivity index (χ2v) is 5.39. The number of hydrogen-bond acceptors (Lipinski definition) is 4. The number of aromatic nitrogens is 1. The fourth-order valence-electron chi connectivity index (χ4n) is 2.12. The van der Waals surface area contributed by atoms with Gasteiger partial charge in [-0.25, -0.2) is 4.98 Å². The maximum atomic E-state index is 11.1. The Morgan fingerprint density at radius 3 is 3.00 bits per heavy atom. The van der Waals surface area contributed by atoms with Gasteiger partial charge in [-0.3, -0.25) is 9.69 Å². The van der Waals surface area contributed by atoms with Crippen LogP contribution in [0.5, 0.6) is 0 Å². The monoisotopic (exact) mass is 240 g/mol. The number of thiazole rings is 1. The van der Waals surface area contributed by atoms with Gasteiger partial charge in [0.1, 0.15) is 0 Å². The van der Waals surface area contributed by atoms with Crippen molar-refractivity contribution in [2.45, 2.75) is 26.3 Å². The highest BCUT2D eigenvalue weighted by molar-refractivity contribution is 7.07. The highest BCUT2D eigenvalue weighted by Crippen LogP contribution is 2.35. The lowest BCUT2D eigenvalue weighted by molar-refractivity contribution is -0.147.